The van der Waals surface area contributed by atoms with E-state index in [0.717, 1.165) is 36.8 Å². The number of hydrogen-bond acceptors (Lipinski definition) is 2. The molecule has 0 bridgehead atoms. The van der Waals surface area contributed by atoms with Crippen molar-refractivity contribution in [3.63, 3.8) is 0 Å². The fourth-order valence-corrected chi connectivity index (χ4v) is 3.66. The van der Waals surface area contributed by atoms with E-state index >= 15 is 0 Å². The lowest BCUT2D eigenvalue weighted by Gasteiger charge is -2.17. The van der Waals surface area contributed by atoms with Gasteiger partial charge in [0.15, 0.2) is 0 Å². The molecule has 4 rings (SSSR count). The van der Waals surface area contributed by atoms with E-state index in [0.29, 0.717) is 0 Å². The van der Waals surface area contributed by atoms with Gasteiger partial charge in [0.2, 0.25) is 0 Å². The van der Waals surface area contributed by atoms with Crippen molar-refractivity contribution in [2.45, 2.75) is 51.0 Å². The quantitative estimate of drug-likeness (QED) is 0.768. The van der Waals surface area contributed by atoms with Gasteiger partial charge in [-0.05, 0) is 80.0 Å². The van der Waals surface area contributed by atoms with Crippen molar-refractivity contribution in [1.29, 1.82) is 0 Å². The molecule has 2 saturated carbocycles. The van der Waals surface area contributed by atoms with E-state index in [4.69, 9.17) is 4.74 Å². The van der Waals surface area contributed by atoms with E-state index in [2.05, 4.69) is 23.5 Å². The summed E-state index contributed by atoms with van der Waals surface area (Å²) >= 11 is 0. The Morgan fingerprint density at radius 2 is 1.80 bits per heavy atom. The van der Waals surface area contributed by atoms with Crippen molar-refractivity contribution in [2.24, 2.45) is 11.8 Å². The second-order valence-corrected chi connectivity index (χ2v) is 6.79. The summed E-state index contributed by atoms with van der Waals surface area (Å²) in [6, 6.07) is 7.44. The fourth-order valence-electron chi connectivity index (χ4n) is 3.66. The molecule has 0 radical (unpaired) electrons. The Morgan fingerprint density at radius 3 is 2.55 bits per heavy atom. The highest BCUT2D eigenvalue weighted by atomic mass is 16.5. The molecule has 1 aromatic rings. The smallest absolute Gasteiger partial charge is 0.119 e. The van der Waals surface area contributed by atoms with Gasteiger partial charge in [0.05, 0.1) is 0 Å². The van der Waals surface area contributed by atoms with Crippen LogP contribution >= 0.6 is 0 Å². The normalized spacial score (nSPS) is 21.2. The van der Waals surface area contributed by atoms with E-state index in [9.17, 15) is 0 Å². The van der Waals surface area contributed by atoms with Gasteiger partial charge in [-0.3, -0.25) is 0 Å². The number of aryl methyl sites for hydroxylation is 2. The topological polar surface area (TPSA) is 21.3 Å². The second kappa shape index (κ2) is 5.40. The number of nitrogens with one attached hydrogen (secondary N) is 1. The maximum atomic E-state index is 5.92. The van der Waals surface area contributed by atoms with E-state index in [1.165, 1.54) is 56.1 Å². The van der Waals surface area contributed by atoms with Gasteiger partial charge in [0.1, 0.15) is 12.4 Å². The van der Waals surface area contributed by atoms with Gasteiger partial charge in [0, 0.05) is 12.6 Å². The van der Waals surface area contributed by atoms with Crippen molar-refractivity contribution in [2.75, 3.05) is 13.2 Å². The maximum absolute atomic E-state index is 5.92. The van der Waals surface area contributed by atoms with Crippen LogP contribution in [0.1, 0.15) is 43.2 Å². The Balaban J connectivity index is 1.24. The van der Waals surface area contributed by atoms with Gasteiger partial charge in [0.25, 0.3) is 0 Å². The van der Waals surface area contributed by atoms with Crippen LogP contribution in [0.15, 0.2) is 18.2 Å². The Labute approximate surface area is 121 Å². The minimum atomic E-state index is 0.790. The van der Waals surface area contributed by atoms with Crippen LogP contribution in [0.4, 0.5) is 0 Å². The Kier molecular flexibility index (Phi) is 3.43. The minimum Gasteiger partial charge on any atom is -0.492 e. The summed E-state index contributed by atoms with van der Waals surface area (Å²) in [4.78, 5) is 0. The SMILES string of the molecule is c1cc2c(cc1OCCNC(C1CC1)C1CC1)CCC2. The van der Waals surface area contributed by atoms with E-state index < -0.39 is 0 Å². The molecule has 1 aromatic carbocycles. The zero-order valence-electron chi connectivity index (χ0n) is 12.2. The standard InChI is InChI=1S/C18H25NO/c1-2-13-8-9-17(12-16(13)3-1)20-11-10-19-18(14-4-5-14)15-6-7-15/h8-9,12,14-15,18-19H,1-7,10-11H2. The molecule has 2 heteroatoms. The van der Waals surface area contributed by atoms with Gasteiger partial charge in [-0.2, -0.15) is 0 Å². The Hall–Kier alpha value is -1.02. The van der Waals surface area contributed by atoms with Crippen molar-refractivity contribution in [1.82, 2.24) is 5.32 Å². The second-order valence-electron chi connectivity index (χ2n) is 6.79. The summed E-state index contributed by atoms with van der Waals surface area (Å²) in [7, 11) is 0. The zero-order valence-corrected chi connectivity index (χ0v) is 12.2. The average Bonchev–Trinajstić information content (AvgIpc) is 3.38. The highest BCUT2D eigenvalue weighted by Gasteiger charge is 2.40. The third kappa shape index (κ3) is 2.85. The molecule has 1 N–H and O–H groups in total. The minimum absolute atomic E-state index is 0.790. The van der Waals surface area contributed by atoms with Gasteiger partial charge in [-0.1, -0.05) is 6.07 Å². The Bertz CT molecular complexity index is 464. The molecule has 0 heterocycles. The van der Waals surface area contributed by atoms with Crippen LogP contribution in [0.2, 0.25) is 0 Å². The van der Waals surface area contributed by atoms with Gasteiger partial charge < -0.3 is 10.1 Å². The predicted molar refractivity (Wildman–Crippen MR) is 81.2 cm³/mol. The number of hydrogen-bond donors (Lipinski definition) is 1. The van der Waals surface area contributed by atoms with Crippen LogP contribution in [0.5, 0.6) is 5.75 Å². The monoisotopic (exact) mass is 271 g/mol. The van der Waals surface area contributed by atoms with Crippen LogP contribution in [-0.4, -0.2) is 19.2 Å². The van der Waals surface area contributed by atoms with E-state index in [1.54, 1.807) is 0 Å². The third-order valence-electron chi connectivity index (χ3n) is 5.08. The average molecular weight is 271 g/mol. The van der Waals surface area contributed by atoms with Crippen molar-refractivity contribution in [3.8, 4) is 5.75 Å². The lowest BCUT2D eigenvalue weighted by Crippen LogP contribution is -2.36. The van der Waals surface area contributed by atoms with Crippen molar-refractivity contribution >= 4 is 0 Å². The third-order valence-corrected chi connectivity index (χ3v) is 5.08. The molecule has 3 aliphatic rings. The molecule has 0 spiro atoms. The van der Waals surface area contributed by atoms with Gasteiger partial charge in [-0.25, -0.2) is 0 Å². The highest BCUT2D eigenvalue weighted by molar-refractivity contribution is 5.38. The molecule has 108 valence electrons. The molecular weight excluding hydrogens is 246 g/mol. The molecule has 2 nitrogen and oxygen atoms in total. The molecule has 0 aliphatic heterocycles. The van der Waals surface area contributed by atoms with Crippen LogP contribution < -0.4 is 10.1 Å². The molecular formula is C18H25NO. The van der Waals surface area contributed by atoms with Gasteiger partial charge in [-0.15, -0.1) is 0 Å². The van der Waals surface area contributed by atoms with Crippen LogP contribution in [0.3, 0.4) is 0 Å². The largest absolute Gasteiger partial charge is 0.492 e. The predicted octanol–water partition coefficient (Wildman–Crippen LogP) is 3.33. The summed E-state index contributed by atoms with van der Waals surface area (Å²) in [5, 5.41) is 3.74. The summed E-state index contributed by atoms with van der Waals surface area (Å²) in [5.41, 5.74) is 3.03. The summed E-state index contributed by atoms with van der Waals surface area (Å²) < 4.78 is 5.92. The van der Waals surface area contributed by atoms with Gasteiger partial charge >= 0.3 is 0 Å². The molecule has 0 atom stereocenters. The number of benzene rings is 1. The highest BCUT2D eigenvalue weighted by Crippen LogP contribution is 2.44. The van der Waals surface area contributed by atoms with Crippen molar-refractivity contribution < 1.29 is 4.74 Å². The first-order valence-electron chi connectivity index (χ1n) is 8.38. The van der Waals surface area contributed by atoms with Crippen LogP contribution in [0, 0.1) is 11.8 Å². The zero-order chi connectivity index (χ0) is 13.4. The molecule has 0 amide bonds. The van der Waals surface area contributed by atoms with E-state index in [-0.39, 0.29) is 0 Å². The number of rotatable bonds is 7. The van der Waals surface area contributed by atoms with Crippen molar-refractivity contribution in [3.05, 3.63) is 29.3 Å². The van der Waals surface area contributed by atoms with Crippen LogP contribution in [0.25, 0.3) is 0 Å². The fraction of sp³-hybridized carbons (Fsp3) is 0.667. The first-order valence-corrected chi connectivity index (χ1v) is 8.38. The first kappa shape index (κ1) is 12.7. The number of ether oxygens (including phenoxy) is 1. The van der Waals surface area contributed by atoms with Crippen LogP contribution in [-0.2, 0) is 12.8 Å². The lowest BCUT2D eigenvalue weighted by atomic mass is 10.1. The Morgan fingerprint density at radius 1 is 1.05 bits per heavy atom. The lowest BCUT2D eigenvalue weighted by molar-refractivity contribution is 0.293. The van der Waals surface area contributed by atoms with E-state index in [1.807, 2.05) is 0 Å². The summed E-state index contributed by atoms with van der Waals surface area (Å²) in [6.45, 7) is 1.80. The molecule has 3 aliphatic carbocycles. The molecule has 0 unspecified atom stereocenters. The first-order chi connectivity index (χ1) is 9.90. The molecule has 20 heavy (non-hydrogen) atoms. The summed E-state index contributed by atoms with van der Waals surface area (Å²) in [6.07, 6.45) is 9.57. The number of fused-ring (bicyclic) bond motifs is 1. The molecule has 0 saturated heterocycles. The molecule has 0 aromatic heterocycles. The maximum Gasteiger partial charge on any atom is 0.119 e. The summed E-state index contributed by atoms with van der Waals surface area (Å²) in [5.74, 6) is 3.01. The molecule has 2 fully saturated rings.